The molecule has 1 aromatic carbocycles. The average molecular weight is 658 g/mol. The number of ether oxygens (including phenoxy) is 2. The minimum Gasteiger partial charge on any atom is -0.464 e. The van der Waals surface area contributed by atoms with E-state index in [1.807, 2.05) is 4.90 Å². The summed E-state index contributed by atoms with van der Waals surface area (Å²) in [6, 6.07) is 5.17. The van der Waals surface area contributed by atoms with Crippen molar-refractivity contribution < 1.29 is 19.1 Å². The van der Waals surface area contributed by atoms with Crippen molar-refractivity contribution in [3.8, 4) is 11.4 Å². The van der Waals surface area contributed by atoms with E-state index < -0.39 is 19.5 Å². The van der Waals surface area contributed by atoms with Gasteiger partial charge in [0.25, 0.3) is 0 Å². The summed E-state index contributed by atoms with van der Waals surface area (Å²) in [5, 5.41) is 0. The summed E-state index contributed by atoms with van der Waals surface area (Å²) in [4.78, 5) is 36.5. The molecule has 186 valence electrons. The molecule has 0 saturated heterocycles. The van der Waals surface area contributed by atoms with E-state index in [0.29, 0.717) is 23.1 Å². The molecule has 0 aliphatic heterocycles. The third-order valence-corrected chi connectivity index (χ3v) is 5.67. The fraction of sp³-hybridized carbons (Fsp3) is 0.421. The summed E-state index contributed by atoms with van der Waals surface area (Å²) < 4.78 is 6.74. The first-order chi connectivity index (χ1) is 15.7. The summed E-state index contributed by atoms with van der Waals surface area (Å²) in [7, 11) is 0. The van der Waals surface area contributed by atoms with E-state index in [1.165, 1.54) is 13.8 Å². The van der Waals surface area contributed by atoms with E-state index in [-0.39, 0.29) is 30.7 Å². The van der Waals surface area contributed by atoms with Crippen LogP contribution in [-0.2, 0) is 26.6 Å². The smallest absolute Gasteiger partial charge is 0.302 e. The van der Waals surface area contributed by atoms with Crippen LogP contribution in [0.5, 0.6) is 0 Å². The third kappa shape index (κ3) is 9.00. The van der Waals surface area contributed by atoms with Gasteiger partial charge < -0.3 is 14.4 Å². The van der Waals surface area contributed by atoms with Crippen molar-refractivity contribution in [3.63, 3.8) is 0 Å². The Bertz CT molecular complexity index is 996. The highest BCUT2D eigenvalue weighted by molar-refractivity contribution is 9.10. The molecule has 0 aliphatic carbocycles. The van der Waals surface area contributed by atoms with Gasteiger partial charge >= 0.3 is 11.9 Å². The topological polar surface area (TPSA) is 94.5 Å². The van der Waals surface area contributed by atoms with Crippen LogP contribution < -0.4 is 4.90 Å². The molecule has 0 amide bonds. The molecular formula is C19H17BrCl6N4O4. The Balaban J connectivity index is 2.42. The van der Waals surface area contributed by atoms with Gasteiger partial charge in [-0.25, -0.2) is 15.0 Å². The normalized spacial score (nSPS) is 11.8. The largest absolute Gasteiger partial charge is 0.464 e. The first kappa shape index (κ1) is 29.4. The highest BCUT2D eigenvalue weighted by Gasteiger charge is 2.34. The standard InChI is InChI=1S/C19H17BrCl6N4O4/c1-10(31)33-7-5-30(6-8-34-11(2)32)14-4-3-12(9-13(14)20)15-27-16(18(21,22)23)29-17(28-15)19(24,25)26/h3-4,9H,5-8H2,1-2H3. The van der Waals surface area contributed by atoms with Gasteiger partial charge in [0.05, 0.1) is 18.8 Å². The minimum atomic E-state index is -1.98. The number of anilines is 1. The Hall–Kier alpha value is -0.810. The second-order valence-corrected chi connectivity index (χ2v) is 12.1. The van der Waals surface area contributed by atoms with Gasteiger partial charge in [-0.1, -0.05) is 69.6 Å². The van der Waals surface area contributed by atoms with E-state index in [1.54, 1.807) is 18.2 Å². The fourth-order valence-electron chi connectivity index (χ4n) is 2.61. The van der Waals surface area contributed by atoms with Crippen LogP contribution in [0.3, 0.4) is 0 Å². The summed E-state index contributed by atoms with van der Waals surface area (Å²) in [5.74, 6) is -1.13. The predicted octanol–water partition coefficient (Wildman–Crippen LogP) is 5.89. The van der Waals surface area contributed by atoms with Crippen LogP contribution in [0, 0.1) is 0 Å². The zero-order chi connectivity index (χ0) is 25.7. The maximum atomic E-state index is 11.1. The molecular weight excluding hydrogens is 641 g/mol. The Kier molecular flexibility index (Phi) is 10.8. The molecule has 1 aromatic heterocycles. The molecule has 0 spiro atoms. The number of nitrogens with zero attached hydrogens (tertiary/aromatic N) is 4. The van der Waals surface area contributed by atoms with Crippen LogP contribution in [0.25, 0.3) is 11.4 Å². The van der Waals surface area contributed by atoms with Crippen LogP contribution in [0.15, 0.2) is 22.7 Å². The lowest BCUT2D eigenvalue weighted by molar-refractivity contribution is -0.141. The maximum absolute atomic E-state index is 11.1. The lowest BCUT2D eigenvalue weighted by atomic mass is 10.1. The summed E-state index contributed by atoms with van der Waals surface area (Å²) in [6.45, 7) is 3.60. The average Bonchev–Trinajstić information content (AvgIpc) is 2.70. The SMILES string of the molecule is CC(=O)OCCN(CCOC(C)=O)c1ccc(-c2nc(C(Cl)(Cl)Cl)nc(C(Cl)(Cl)Cl)n2)cc1Br. The number of carbonyl (C=O) groups excluding carboxylic acids is 2. The number of hydrogen-bond donors (Lipinski definition) is 0. The molecule has 0 unspecified atom stereocenters. The lowest BCUT2D eigenvalue weighted by Crippen LogP contribution is -2.32. The van der Waals surface area contributed by atoms with Gasteiger partial charge in [0.2, 0.25) is 7.59 Å². The number of benzene rings is 1. The molecule has 2 rings (SSSR count). The number of aromatic nitrogens is 3. The Labute approximate surface area is 234 Å². The van der Waals surface area contributed by atoms with Crippen LogP contribution in [0.4, 0.5) is 5.69 Å². The summed E-state index contributed by atoms with van der Waals surface area (Å²) in [6.07, 6.45) is 0. The van der Waals surface area contributed by atoms with Crippen molar-refractivity contribution in [2.75, 3.05) is 31.2 Å². The lowest BCUT2D eigenvalue weighted by Gasteiger charge is -2.26. The van der Waals surface area contributed by atoms with Crippen molar-refractivity contribution in [1.29, 1.82) is 0 Å². The number of hydrogen-bond acceptors (Lipinski definition) is 8. The Morgan fingerprint density at radius 1 is 0.882 bits per heavy atom. The van der Waals surface area contributed by atoms with Crippen molar-refractivity contribution in [3.05, 3.63) is 34.3 Å². The molecule has 0 radical (unpaired) electrons. The van der Waals surface area contributed by atoms with Gasteiger partial charge in [-0.15, -0.1) is 0 Å². The van der Waals surface area contributed by atoms with Gasteiger partial charge in [-0.2, -0.15) is 0 Å². The van der Waals surface area contributed by atoms with E-state index in [4.69, 9.17) is 79.1 Å². The van der Waals surface area contributed by atoms with Crippen molar-refractivity contribution in [2.24, 2.45) is 0 Å². The molecule has 0 N–H and O–H groups in total. The molecule has 15 heteroatoms. The van der Waals surface area contributed by atoms with Gasteiger partial charge in [0.15, 0.2) is 17.5 Å². The van der Waals surface area contributed by atoms with E-state index in [0.717, 1.165) is 5.69 Å². The highest BCUT2D eigenvalue weighted by atomic mass is 79.9. The molecule has 0 atom stereocenters. The number of esters is 2. The number of alkyl halides is 6. The van der Waals surface area contributed by atoms with Crippen molar-refractivity contribution in [2.45, 2.75) is 21.4 Å². The Morgan fingerprint density at radius 2 is 1.35 bits per heavy atom. The summed E-state index contributed by atoms with van der Waals surface area (Å²) in [5.41, 5.74) is 1.23. The Morgan fingerprint density at radius 3 is 1.74 bits per heavy atom. The summed E-state index contributed by atoms with van der Waals surface area (Å²) >= 11 is 39.2. The molecule has 2 aromatic rings. The van der Waals surface area contributed by atoms with Crippen LogP contribution in [0.1, 0.15) is 25.5 Å². The first-order valence-electron chi connectivity index (χ1n) is 9.40. The number of halogens is 7. The van der Waals surface area contributed by atoms with Crippen LogP contribution in [-0.4, -0.2) is 53.2 Å². The van der Waals surface area contributed by atoms with E-state index >= 15 is 0 Å². The minimum absolute atomic E-state index is 0.108. The molecule has 34 heavy (non-hydrogen) atoms. The van der Waals surface area contributed by atoms with Gasteiger partial charge in [0.1, 0.15) is 13.2 Å². The quantitative estimate of drug-likeness (QED) is 0.257. The number of rotatable bonds is 8. The predicted molar refractivity (Wildman–Crippen MR) is 137 cm³/mol. The van der Waals surface area contributed by atoms with Crippen molar-refractivity contribution in [1.82, 2.24) is 15.0 Å². The fourth-order valence-corrected chi connectivity index (χ4v) is 3.75. The van der Waals surface area contributed by atoms with E-state index in [2.05, 4.69) is 30.9 Å². The highest BCUT2D eigenvalue weighted by Crippen LogP contribution is 2.41. The zero-order valence-electron chi connectivity index (χ0n) is 17.6. The second kappa shape index (κ2) is 12.4. The molecule has 8 nitrogen and oxygen atoms in total. The van der Waals surface area contributed by atoms with Gasteiger partial charge in [-0.05, 0) is 34.1 Å². The number of carbonyl (C=O) groups is 2. The molecule has 0 bridgehead atoms. The molecule has 0 fully saturated rings. The maximum Gasteiger partial charge on any atom is 0.302 e. The first-order valence-corrected chi connectivity index (χ1v) is 12.5. The van der Waals surface area contributed by atoms with Crippen LogP contribution in [0.2, 0.25) is 0 Å². The van der Waals surface area contributed by atoms with Gasteiger partial charge in [0, 0.05) is 23.9 Å². The second-order valence-electron chi connectivity index (χ2n) is 6.64. The third-order valence-electron chi connectivity index (χ3n) is 4.02. The molecule has 0 aliphatic rings. The van der Waals surface area contributed by atoms with Gasteiger partial charge in [-0.3, -0.25) is 9.59 Å². The monoisotopic (exact) mass is 654 g/mol. The van der Waals surface area contributed by atoms with E-state index in [9.17, 15) is 9.59 Å². The molecule has 1 heterocycles. The molecule has 0 saturated carbocycles. The van der Waals surface area contributed by atoms with Crippen LogP contribution >= 0.6 is 85.5 Å². The van der Waals surface area contributed by atoms with Crippen molar-refractivity contribution >= 4 is 103 Å². The zero-order valence-corrected chi connectivity index (χ0v) is 23.7.